The summed E-state index contributed by atoms with van der Waals surface area (Å²) in [5.74, 6) is -4.37. The van der Waals surface area contributed by atoms with Crippen LogP contribution in [0.3, 0.4) is 0 Å². The lowest BCUT2D eigenvalue weighted by Gasteiger charge is -2.31. The number of carbonyl (C=O) groups excluding carboxylic acids is 1. The quantitative estimate of drug-likeness (QED) is 0.553. The summed E-state index contributed by atoms with van der Waals surface area (Å²) in [5.41, 5.74) is 6.59. The van der Waals surface area contributed by atoms with E-state index in [9.17, 15) is 13.6 Å². The summed E-state index contributed by atoms with van der Waals surface area (Å²) in [7, 11) is 0. The Kier molecular flexibility index (Phi) is 5.45. The Morgan fingerprint density at radius 2 is 1.97 bits per heavy atom. The number of pyridine rings is 1. The maximum Gasteiger partial charge on any atom is 0.289 e. The number of thiophene rings is 1. The normalized spacial score (nSPS) is 17.3. The monoisotopic (exact) mass is 475 g/mol. The van der Waals surface area contributed by atoms with Gasteiger partial charge in [-0.1, -0.05) is 0 Å². The molecule has 7 nitrogen and oxygen atoms in total. The van der Waals surface area contributed by atoms with Crippen molar-refractivity contribution >= 4 is 44.5 Å². The van der Waals surface area contributed by atoms with Gasteiger partial charge >= 0.3 is 0 Å². The number of fused-ring (bicyclic) bond motifs is 2. The molecule has 0 atom stereocenters. The van der Waals surface area contributed by atoms with Crippen molar-refractivity contribution in [2.75, 3.05) is 43.4 Å². The summed E-state index contributed by atoms with van der Waals surface area (Å²) in [4.78, 5) is 23.4. The molecular weight excluding hydrogens is 455 g/mol. The van der Waals surface area contributed by atoms with Crippen molar-refractivity contribution in [3.8, 4) is 5.75 Å². The summed E-state index contributed by atoms with van der Waals surface area (Å²) in [6.07, 6.45) is -0.245. The van der Waals surface area contributed by atoms with Gasteiger partial charge in [0.2, 0.25) is 0 Å². The number of hydrogen-bond donors (Lipinski definition) is 2. The van der Waals surface area contributed by atoms with Crippen molar-refractivity contribution in [2.45, 2.75) is 13.3 Å². The molecule has 4 heterocycles. The topological polar surface area (TPSA) is 92.8 Å². The van der Waals surface area contributed by atoms with E-state index in [0.717, 1.165) is 17.0 Å². The summed E-state index contributed by atoms with van der Waals surface area (Å²) >= 11 is 1.11. The van der Waals surface area contributed by atoms with Gasteiger partial charge in [0.05, 0.1) is 11.4 Å². The van der Waals surface area contributed by atoms with Crippen molar-refractivity contribution in [3.05, 3.63) is 45.7 Å². The van der Waals surface area contributed by atoms with Crippen LogP contribution in [0.25, 0.3) is 10.2 Å². The summed E-state index contributed by atoms with van der Waals surface area (Å²) < 4.78 is 50.3. The van der Waals surface area contributed by atoms with Crippen molar-refractivity contribution in [1.29, 1.82) is 0 Å². The number of nitrogens with two attached hydrogens (primary N) is 1. The van der Waals surface area contributed by atoms with Crippen LogP contribution in [0.1, 0.15) is 20.9 Å². The molecule has 1 aromatic carbocycles. The molecule has 0 aliphatic carbocycles. The van der Waals surface area contributed by atoms with Gasteiger partial charge in [0.25, 0.3) is 5.91 Å². The molecule has 1 saturated heterocycles. The highest BCUT2D eigenvalue weighted by Crippen LogP contribution is 2.39. The molecule has 1 amide bonds. The maximum absolute atomic E-state index is 15.1. The first-order chi connectivity index (χ1) is 15.8. The van der Waals surface area contributed by atoms with E-state index in [4.69, 9.17) is 10.5 Å². The van der Waals surface area contributed by atoms with Crippen LogP contribution < -0.4 is 20.7 Å². The second-order valence-electron chi connectivity index (χ2n) is 7.93. The average molecular weight is 475 g/mol. The van der Waals surface area contributed by atoms with Gasteiger partial charge in [-0.2, -0.15) is 0 Å². The van der Waals surface area contributed by atoms with E-state index in [1.54, 1.807) is 12.1 Å². The second kappa shape index (κ2) is 8.31. The predicted octanol–water partition coefficient (Wildman–Crippen LogP) is 3.23. The minimum Gasteiger partial charge on any atom is -0.484 e. The molecule has 0 radical (unpaired) electrons. The van der Waals surface area contributed by atoms with E-state index >= 15 is 4.39 Å². The molecule has 1 fully saturated rings. The van der Waals surface area contributed by atoms with Crippen molar-refractivity contribution in [1.82, 2.24) is 10.3 Å². The van der Waals surface area contributed by atoms with Gasteiger partial charge in [-0.05, 0) is 19.1 Å². The third kappa shape index (κ3) is 3.70. The fourth-order valence-corrected chi connectivity index (χ4v) is 5.10. The first-order valence-corrected chi connectivity index (χ1v) is 11.2. The smallest absolute Gasteiger partial charge is 0.289 e. The largest absolute Gasteiger partial charge is 0.484 e. The van der Waals surface area contributed by atoms with Crippen LogP contribution in [0.4, 0.5) is 24.5 Å². The Balaban J connectivity index is 1.47. The van der Waals surface area contributed by atoms with Gasteiger partial charge in [0.1, 0.15) is 22.0 Å². The molecule has 0 saturated carbocycles. The molecule has 172 valence electrons. The average Bonchev–Trinajstić information content (AvgIpc) is 3.14. The number of amides is 1. The number of aryl methyl sites for hydroxylation is 1. The Hall–Kier alpha value is -3.18. The standard InChI is InChI=1S/C22H20F3N5O2S/c1-10-2-3-12-17(26)20(33-22(12)28-10)21(31)29-11-8-13-14(23)15(24)18(16(25)19(13)32-9-11)30-6-4-27-5-7-30/h2-3,27H,4-9,26H2,1H3. The van der Waals surface area contributed by atoms with Crippen molar-refractivity contribution < 1.29 is 22.7 Å². The van der Waals surface area contributed by atoms with Crippen LogP contribution in [0.15, 0.2) is 17.1 Å². The highest BCUT2D eigenvalue weighted by Gasteiger charge is 2.33. The van der Waals surface area contributed by atoms with Crippen LogP contribution in [0.2, 0.25) is 0 Å². The van der Waals surface area contributed by atoms with Crippen LogP contribution in [-0.4, -0.2) is 49.4 Å². The van der Waals surface area contributed by atoms with Gasteiger partial charge in [-0.3, -0.25) is 4.79 Å². The number of nitrogens with zero attached hydrogens (tertiary/aromatic N) is 3. The zero-order valence-corrected chi connectivity index (χ0v) is 18.5. The Labute approximate surface area is 191 Å². The number of ether oxygens (including phenoxy) is 1. The molecular formula is C22H20F3N5O2S. The van der Waals surface area contributed by atoms with Crippen LogP contribution in [0, 0.1) is 24.4 Å². The maximum atomic E-state index is 15.1. The lowest BCUT2D eigenvalue weighted by atomic mass is 10.0. The fraction of sp³-hybridized carbons (Fsp3) is 0.318. The molecule has 0 unspecified atom stereocenters. The fourth-order valence-electron chi connectivity index (χ4n) is 4.07. The first kappa shape index (κ1) is 21.7. The number of nitrogen functional groups attached to an aromatic ring is 1. The Bertz CT molecular complexity index is 1320. The zero-order valence-electron chi connectivity index (χ0n) is 17.7. The molecule has 2 aliphatic rings. The van der Waals surface area contributed by atoms with Gasteiger partial charge in [-0.15, -0.1) is 11.3 Å². The molecule has 0 spiro atoms. The zero-order chi connectivity index (χ0) is 23.3. The molecule has 3 N–H and O–H groups in total. The van der Waals surface area contributed by atoms with E-state index < -0.39 is 29.0 Å². The number of nitrogens with one attached hydrogen (secondary N) is 1. The molecule has 2 aromatic heterocycles. The lowest BCUT2D eigenvalue weighted by molar-refractivity contribution is 0.101. The van der Waals surface area contributed by atoms with Gasteiger partial charge in [0, 0.05) is 49.2 Å². The second-order valence-corrected chi connectivity index (χ2v) is 8.93. The highest BCUT2D eigenvalue weighted by molar-refractivity contribution is 7.21. The Morgan fingerprint density at radius 3 is 2.73 bits per heavy atom. The van der Waals surface area contributed by atoms with Gasteiger partial charge in [-0.25, -0.2) is 23.1 Å². The molecule has 11 heteroatoms. The SMILES string of the molecule is Cc1ccc2c(N)c(C(=O)N=C3COc4c(F)c(N5CCNCC5)c(F)c(F)c4C3)sc2n1. The number of carbonyl (C=O) groups is 1. The number of aromatic nitrogens is 1. The van der Waals surface area contributed by atoms with Gasteiger partial charge in [0.15, 0.2) is 23.2 Å². The minimum absolute atomic E-state index is 0.154. The minimum atomic E-state index is -1.26. The Morgan fingerprint density at radius 1 is 1.21 bits per heavy atom. The van der Waals surface area contributed by atoms with E-state index in [-0.39, 0.29) is 40.6 Å². The number of anilines is 2. The number of aliphatic imine (C=N–C) groups is 1. The number of piperazine rings is 1. The van der Waals surface area contributed by atoms with Crippen LogP contribution in [0.5, 0.6) is 5.75 Å². The lowest BCUT2D eigenvalue weighted by Crippen LogP contribution is -2.44. The number of benzene rings is 1. The molecule has 33 heavy (non-hydrogen) atoms. The van der Waals surface area contributed by atoms with E-state index in [2.05, 4.69) is 15.3 Å². The summed E-state index contributed by atoms with van der Waals surface area (Å²) in [6.45, 7) is 3.37. The third-order valence-corrected chi connectivity index (χ3v) is 6.83. The molecule has 2 aliphatic heterocycles. The first-order valence-electron chi connectivity index (χ1n) is 10.4. The van der Waals surface area contributed by atoms with Crippen LogP contribution in [-0.2, 0) is 6.42 Å². The molecule has 0 bridgehead atoms. The van der Waals surface area contributed by atoms with Crippen molar-refractivity contribution in [2.24, 2.45) is 4.99 Å². The number of rotatable bonds is 2. The highest BCUT2D eigenvalue weighted by atomic mass is 32.1. The van der Waals surface area contributed by atoms with Crippen LogP contribution >= 0.6 is 11.3 Å². The van der Waals surface area contributed by atoms with Crippen molar-refractivity contribution in [3.63, 3.8) is 0 Å². The van der Waals surface area contributed by atoms with E-state index in [0.29, 0.717) is 36.4 Å². The summed E-state index contributed by atoms with van der Waals surface area (Å²) in [5, 5.41) is 3.73. The van der Waals surface area contributed by atoms with E-state index in [1.165, 1.54) is 4.90 Å². The number of halogens is 3. The number of hydrogen-bond acceptors (Lipinski definition) is 7. The molecule has 3 aromatic rings. The van der Waals surface area contributed by atoms with E-state index in [1.807, 2.05) is 6.92 Å². The predicted molar refractivity (Wildman–Crippen MR) is 121 cm³/mol. The van der Waals surface area contributed by atoms with Gasteiger partial charge < -0.3 is 20.7 Å². The third-order valence-electron chi connectivity index (χ3n) is 5.73. The molecule has 5 rings (SSSR count). The summed E-state index contributed by atoms with van der Waals surface area (Å²) in [6, 6.07) is 3.57.